The van der Waals surface area contributed by atoms with E-state index in [1.807, 2.05) is 85.8 Å². The van der Waals surface area contributed by atoms with Crippen molar-refractivity contribution in [2.75, 3.05) is 7.11 Å². The first-order valence-corrected chi connectivity index (χ1v) is 11.2. The van der Waals surface area contributed by atoms with Crippen molar-refractivity contribution in [3.8, 4) is 17.2 Å². The molecule has 7 heteroatoms. The molecule has 1 heterocycles. The monoisotopic (exact) mass is 451 g/mol. The lowest BCUT2D eigenvalue weighted by molar-refractivity contribution is 0.213. The van der Waals surface area contributed by atoms with Gasteiger partial charge in [0.25, 0.3) is 0 Å². The maximum absolute atomic E-state index is 6.15. The van der Waals surface area contributed by atoms with Gasteiger partial charge in [0.2, 0.25) is 0 Å². The summed E-state index contributed by atoms with van der Waals surface area (Å²) >= 11 is 7.63. The number of benzene rings is 3. The maximum Gasteiger partial charge on any atom is 0.196 e. The molecule has 0 N–H and O–H groups in total. The molecule has 1 atom stereocenters. The molecule has 0 aliphatic carbocycles. The lowest BCUT2D eigenvalue weighted by atomic mass is 10.2. The molecule has 0 amide bonds. The minimum absolute atomic E-state index is 0.300. The standard InChI is InChI=1S/C24H22ClN3O2S/c1-17(30-22-14-12-21(29-2)13-15-22)23-26-27-24(28(23)20-6-4-3-5-7-20)31-16-18-8-10-19(25)11-9-18/h3-15,17H,16H2,1-2H3. The van der Waals surface area contributed by atoms with Gasteiger partial charge in [-0.3, -0.25) is 4.57 Å². The van der Waals surface area contributed by atoms with Crippen molar-refractivity contribution in [1.29, 1.82) is 0 Å². The van der Waals surface area contributed by atoms with Crippen LogP contribution in [0.15, 0.2) is 84.0 Å². The van der Waals surface area contributed by atoms with Crippen molar-refractivity contribution >= 4 is 23.4 Å². The minimum Gasteiger partial charge on any atom is -0.497 e. The van der Waals surface area contributed by atoms with Gasteiger partial charge in [-0.05, 0) is 61.0 Å². The highest BCUT2D eigenvalue weighted by Crippen LogP contribution is 2.30. The third kappa shape index (κ3) is 5.21. The second-order valence-electron chi connectivity index (χ2n) is 6.86. The van der Waals surface area contributed by atoms with E-state index in [4.69, 9.17) is 21.1 Å². The molecule has 4 aromatic rings. The summed E-state index contributed by atoms with van der Waals surface area (Å²) < 4.78 is 13.4. The fraction of sp³-hybridized carbons (Fsp3) is 0.167. The van der Waals surface area contributed by atoms with Crippen LogP contribution in [0.1, 0.15) is 24.4 Å². The second-order valence-corrected chi connectivity index (χ2v) is 8.24. The quantitative estimate of drug-likeness (QED) is 0.291. The number of ether oxygens (including phenoxy) is 2. The first-order valence-electron chi connectivity index (χ1n) is 9.83. The number of rotatable bonds is 8. The van der Waals surface area contributed by atoms with Crippen LogP contribution in [0.2, 0.25) is 5.02 Å². The van der Waals surface area contributed by atoms with Crippen molar-refractivity contribution in [2.45, 2.75) is 23.9 Å². The molecule has 0 saturated carbocycles. The van der Waals surface area contributed by atoms with Crippen molar-refractivity contribution in [1.82, 2.24) is 14.8 Å². The van der Waals surface area contributed by atoms with E-state index in [9.17, 15) is 0 Å². The van der Waals surface area contributed by atoms with Gasteiger partial charge < -0.3 is 9.47 Å². The molecule has 0 spiro atoms. The first kappa shape index (κ1) is 21.3. The normalized spacial score (nSPS) is 11.8. The van der Waals surface area contributed by atoms with Crippen LogP contribution in [-0.4, -0.2) is 21.9 Å². The molecule has 1 aromatic heterocycles. The summed E-state index contributed by atoms with van der Waals surface area (Å²) in [5.41, 5.74) is 2.16. The molecule has 4 rings (SSSR count). The average molecular weight is 452 g/mol. The summed E-state index contributed by atoms with van der Waals surface area (Å²) in [4.78, 5) is 0. The third-order valence-corrected chi connectivity index (χ3v) is 5.94. The number of aromatic nitrogens is 3. The van der Waals surface area contributed by atoms with E-state index in [0.717, 1.165) is 38.9 Å². The van der Waals surface area contributed by atoms with Crippen LogP contribution in [0, 0.1) is 0 Å². The highest BCUT2D eigenvalue weighted by molar-refractivity contribution is 7.98. The molecule has 0 aliphatic rings. The van der Waals surface area contributed by atoms with Crippen LogP contribution in [0.3, 0.4) is 0 Å². The summed E-state index contributed by atoms with van der Waals surface area (Å²) in [5, 5.41) is 10.5. The van der Waals surface area contributed by atoms with E-state index >= 15 is 0 Å². The summed E-state index contributed by atoms with van der Waals surface area (Å²) in [5.74, 6) is 3.02. The van der Waals surface area contributed by atoms with E-state index in [0.29, 0.717) is 0 Å². The number of thioether (sulfide) groups is 1. The Morgan fingerprint density at radius 1 is 0.903 bits per heavy atom. The van der Waals surface area contributed by atoms with E-state index < -0.39 is 0 Å². The van der Waals surface area contributed by atoms with Crippen LogP contribution in [-0.2, 0) is 5.75 Å². The van der Waals surface area contributed by atoms with Gasteiger partial charge >= 0.3 is 0 Å². The molecule has 5 nitrogen and oxygen atoms in total. The van der Waals surface area contributed by atoms with Crippen LogP contribution in [0.25, 0.3) is 5.69 Å². The highest BCUT2D eigenvalue weighted by atomic mass is 35.5. The van der Waals surface area contributed by atoms with Crippen LogP contribution >= 0.6 is 23.4 Å². The Morgan fingerprint density at radius 2 is 1.58 bits per heavy atom. The molecule has 0 radical (unpaired) electrons. The Bertz CT molecular complexity index is 1120. The van der Waals surface area contributed by atoms with Crippen LogP contribution in [0.5, 0.6) is 11.5 Å². The van der Waals surface area contributed by atoms with E-state index in [1.54, 1.807) is 18.9 Å². The zero-order valence-corrected chi connectivity index (χ0v) is 18.8. The summed E-state index contributed by atoms with van der Waals surface area (Å²) in [6.45, 7) is 1.97. The van der Waals surface area contributed by atoms with Gasteiger partial charge in [0.05, 0.1) is 7.11 Å². The molecule has 0 fully saturated rings. The predicted octanol–water partition coefficient (Wildman–Crippen LogP) is 6.36. The summed E-state index contributed by atoms with van der Waals surface area (Å²) in [6, 6.07) is 25.4. The number of methoxy groups -OCH3 is 1. The van der Waals surface area contributed by atoms with Crippen molar-refractivity contribution in [2.24, 2.45) is 0 Å². The van der Waals surface area contributed by atoms with Crippen LogP contribution in [0.4, 0.5) is 0 Å². The van der Waals surface area contributed by atoms with Crippen LogP contribution < -0.4 is 9.47 Å². The van der Waals surface area contributed by atoms with Crippen molar-refractivity contribution in [3.05, 3.63) is 95.3 Å². The Morgan fingerprint density at radius 3 is 2.26 bits per heavy atom. The van der Waals surface area contributed by atoms with E-state index in [1.165, 1.54) is 5.56 Å². The van der Waals surface area contributed by atoms with Crippen molar-refractivity contribution < 1.29 is 9.47 Å². The minimum atomic E-state index is -0.300. The molecule has 0 bridgehead atoms. The zero-order valence-electron chi connectivity index (χ0n) is 17.2. The number of nitrogens with zero attached hydrogens (tertiary/aromatic N) is 3. The Kier molecular flexibility index (Phi) is 6.79. The Balaban J connectivity index is 1.59. The summed E-state index contributed by atoms with van der Waals surface area (Å²) in [7, 11) is 1.64. The SMILES string of the molecule is COc1ccc(OC(C)c2nnc(SCc3ccc(Cl)cc3)n2-c2ccccc2)cc1. The van der Waals surface area contributed by atoms with Gasteiger partial charge in [-0.2, -0.15) is 0 Å². The van der Waals surface area contributed by atoms with E-state index in [2.05, 4.69) is 14.8 Å². The van der Waals surface area contributed by atoms with Gasteiger partial charge in [0.15, 0.2) is 17.1 Å². The molecule has 0 saturated heterocycles. The molecule has 158 valence electrons. The maximum atomic E-state index is 6.15. The molecule has 0 aliphatic heterocycles. The predicted molar refractivity (Wildman–Crippen MR) is 124 cm³/mol. The smallest absolute Gasteiger partial charge is 0.196 e. The number of hydrogen-bond acceptors (Lipinski definition) is 5. The fourth-order valence-electron chi connectivity index (χ4n) is 3.10. The second kappa shape index (κ2) is 9.90. The fourth-order valence-corrected chi connectivity index (χ4v) is 4.14. The molecular weight excluding hydrogens is 430 g/mol. The number of para-hydroxylation sites is 1. The largest absolute Gasteiger partial charge is 0.497 e. The zero-order chi connectivity index (χ0) is 21.6. The van der Waals surface area contributed by atoms with Gasteiger partial charge in [-0.25, -0.2) is 0 Å². The van der Waals surface area contributed by atoms with Gasteiger partial charge in [-0.1, -0.05) is 53.7 Å². The summed E-state index contributed by atoms with van der Waals surface area (Å²) in [6.07, 6.45) is -0.300. The molecule has 3 aromatic carbocycles. The van der Waals surface area contributed by atoms with Gasteiger partial charge in [0.1, 0.15) is 11.5 Å². The first-order chi connectivity index (χ1) is 15.1. The Hall–Kier alpha value is -2.96. The molecule has 31 heavy (non-hydrogen) atoms. The Labute approximate surface area is 191 Å². The topological polar surface area (TPSA) is 49.2 Å². The van der Waals surface area contributed by atoms with E-state index in [-0.39, 0.29) is 6.10 Å². The highest BCUT2D eigenvalue weighted by Gasteiger charge is 2.21. The lowest BCUT2D eigenvalue weighted by Crippen LogP contribution is -2.11. The lowest BCUT2D eigenvalue weighted by Gasteiger charge is -2.17. The molecule has 1 unspecified atom stereocenters. The third-order valence-electron chi connectivity index (χ3n) is 4.69. The van der Waals surface area contributed by atoms with Gasteiger partial charge in [0, 0.05) is 16.5 Å². The van der Waals surface area contributed by atoms with Crippen molar-refractivity contribution in [3.63, 3.8) is 0 Å². The number of hydrogen-bond donors (Lipinski definition) is 0. The average Bonchev–Trinajstić information content (AvgIpc) is 3.24. The number of halogens is 1. The van der Waals surface area contributed by atoms with Gasteiger partial charge in [-0.15, -0.1) is 10.2 Å². The molecular formula is C24H22ClN3O2S.